The summed E-state index contributed by atoms with van der Waals surface area (Å²) in [7, 11) is 4.28. The molecule has 1 fully saturated rings. The van der Waals surface area contributed by atoms with Gasteiger partial charge in [-0.25, -0.2) is 4.79 Å². The van der Waals surface area contributed by atoms with E-state index in [0.717, 1.165) is 48.3 Å². The highest BCUT2D eigenvalue weighted by Gasteiger charge is 2.23. The minimum Gasteiger partial charge on any atom is -0.492 e. The number of likely N-dealkylation sites (tertiary alicyclic amines) is 1. The number of likely N-dealkylation sites (N-methyl/N-ethyl adjacent to an activating group) is 1. The van der Waals surface area contributed by atoms with Gasteiger partial charge in [-0.15, -0.1) is 0 Å². The molecule has 1 aliphatic rings. The van der Waals surface area contributed by atoms with Crippen LogP contribution in [0.4, 0.5) is 0 Å². The van der Waals surface area contributed by atoms with Gasteiger partial charge in [-0.1, -0.05) is 18.2 Å². The molecule has 1 unspecified atom stereocenters. The molecule has 0 N–H and O–H groups in total. The Morgan fingerprint density at radius 3 is 1.97 bits per heavy atom. The average Bonchev–Trinajstić information content (AvgIpc) is 3.53. The van der Waals surface area contributed by atoms with Gasteiger partial charge in [0, 0.05) is 31.5 Å². The molecule has 1 saturated heterocycles. The minimum absolute atomic E-state index is 0.134. The van der Waals surface area contributed by atoms with Crippen LogP contribution in [0.3, 0.4) is 0 Å². The summed E-state index contributed by atoms with van der Waals surface area (Å²) >= 11 is 0. The lowest BCUT2D eigenvalue weighted by Gasteiger charge is -2.20. The van der Waals surface area contributed by atoms with Crippen LogP contribution in [0, 0.1) is 0 Å². The van der Waals surface area contributed by atoms with Gasteiger partial charge in [0.15, 0.2) is 0 Å². The summed E-state index contributed by atoms with van der Waals surface area (Å²) < 4.78 is 15.0. The van der Waals surface area contributed by atoms with Crippen molar-refractivity contribution in [3.63, 3.8) is 0 Å². The molecular formula is C29H32N4O3. The molecule has 1 atom stereocenters. The van der Waals surface area contributed by atoms with E-state index >= 15 is 0 Å². The van der Waals surface area contributed by atoms with Crippen LogP contribution in [-0.4, -0.2) is 65.3 Å². The molecular weight excluding hydrogens is 452 g/mol. The third-order valence-electron chi connectivity index (χ3n) is 6.64. The van der Waals surface area contributed by atoms with Gasteiger partial charge >= 0.3 is 5.69 Å². The zero-order chi connectivity index (χ0) is 24.9. The first-order valence-corrected chi connectivity index (χ1v) is 12.3. The van der Waals surface area contributed by atoms with Crippen molar-refractivity contribution >= 4 is 0 Å². The standard InChI is InChI=1S/C29H32N4O3/c1-30(2)25-16-17-31(22-25)20-21-35-26-12-8-23(9-13-26)32-18-19-33(29(32)34)24-10-14-28(15-11-24)36-27-6-4-3-5-7-27/h3-15,18-19,25H,16-17,20-22H2,1-2H3. The molecule has 186 valence electrons. The summed E-state index contributed by atoms with van der Waals surface area (Å²) in [5, 5.41) is 0. The van der Waals surface area contributed by atoms with Crippen molar-refractivity contribution in [1.82, 2.24) is 18.9 Å². The maximum Gasteiger partial charge on any atom is 0.337 e. The number of hydrogen-bond acceptors (Lipinski definition) is 5. The smallest absolute Gasteiger partial charge is 0.337 e. The Morgan fingerprint density at radius 1 is 0.806 bits per heavy atom. The molecule has 3 aromatic carbocycles. The van der Waals surface area contributed by atoms with Crippen LogP contribution < -0.4 is 15.2 Å². The van der Waals surface area contributed by atoms with E-state index in [4.69, 9.17) is 9.47 Å². The predicted molar refractivity (Wildman–Crippen MR) is 142 cm³/mol. The van der Waals surface area contributed by atoms with Crippen molar-refractivity contribution in [2.75, 3.05) is 40.3 Å². The van der Waals surface area contributed by atoms with Crippen LogP contribution in [0.1, 0.15) is 6.42 Å². The van der Waals surface area contributed by atoms with E-state index in [1.54, 1.807) is 21.5 Å². The van der Waals surface area contributed by atoms with Crippen LogP contribution in [0.25, 0.3) is 11.4 Å². The number of hydrogen-bond donors (Lipinski definition) is 0. The third kappa shape index (κ3) is 5.53. The van der Waals surface area contributed by atoms with Gasteiger partial charge < -0.3 is 14.4 Å². The molecule has 2 heterocycles. The Balaban J connectivity index is 1.19. The van der Waals surface area contributed by atoms with Gasteiger partial charge in [0.2, 0.25) is 0 Å². The van der Waals surface area contributed by atoms with Crippen LogP contribution in [-0.2, 0) is 0 Å². The minimum atomic E-state index is -0.134. The topological polar surface area (TPSA) is 51.9 Å². The largest absolute Gasteiger partial charge is 0.492 e. The number of imidazole rings is 1. The zero-order valence-corrected chi connectivity index (χ0v) is 20.8. The molecule has 36 heavy (non-hydrogen) atoms. The first-order valence-electron chi connectivity index (χ1n) is 12.3. The number of para-hydroxylation sites is 1. The lowest BCUT2D eigenvalue weighted by atomic mass is 10.2. The summed E-state index contributed by atoms with van der Waals surface area (Å²) in [6.45, 7) is 3.79. The molecule has 0 aliphatic carbocycles. The molecule has 1 aromatic heterocycles. The highest BCUT2D eigenvalue weighted by molar-refractivity contribution is 5.41. The van der Waals surface area contributed by atoms with Gasteiger partial charge in [0.1, 0.15) is 23.9 Å². The second-order valence-electron chi connectivity index (χ2n) is 9.28. The molecule has 4 aromatic rings. The first kappa shape index (κ1) is 23.9. The van der Waals surface area contributed by atoms with E-state index in [9.17, 15) is 4.79 Å². The Hall–Kier alpha value is -3.81. The summed E-state index contributed by atoms with van der Waals surface area (Å²) in [4.78, 5) is 17.8. The zero-order valence-electron chi connectivity index (χ0n) is 20.8. The quantitative estimate of drug-likeness (QED) is 0.352. The van der Waals surface area contributed by atoms with E-state index in [-0.39, 0.29) is 5.69 Å². The second kappa shape index (κ2) is 10.8. The Kier molecular flexibility index (Phi) is 7.21. The van der Waals surface area contributed by atoms with E-state index in [1.807, 2.05) is 78.9 Å². The monoisotopic (exact) mass is 484 g/mol. The molecule has 5 rings (SSSR count). The lowest BCUT2D eigenvalue weighted by Crippen LogP contribution is -2.33. The lowest BCUT2D eigenvalue weighted by molar-refractivity contribution is 0.220. The second-order valence-corrected chi connectivity index (χ2v) is 9.28. The number of nitrogens with zero attached hydrogens (tertiary/aromatic N) is 4. The normalized spacial score (nSPS) is 15.9. The van der Waals surface area contributed by atoms with Crippen molar-refractivity contribution in [2.24, 2.45) is 0 Å². The fourth-order valence-electron chi connectivity index (χ4n) is 4.50. The summed E-state index contributed by atoms with van der Waals surface area (Å²) in [5.74, 6) is 2.30. The number of benzene rings is 3. The molecule has 1 aliphatic heterocycles. The van der Waals surface area contributed by atoms with E-state index in [1.165, 1.54) is 6.42 Å². The van der Waals surface area contributed by atoms with Gasteiger partial charge in [-0.2, -0.15) is 0 Å². The number of aromatic nitrogens is 2. The Labute approximate surface area is 211 Å². The molecule has 0 bridgehead atoms. The Morgan fingerprint density at radius 2 is 1.39 bits per heavy atom. The van der Waals surface area contributed by atoms with Crippen LogP contribution in [0.2, 0.25) is 0 Å². The van der Waals surface area contributed by atoms with Crippen molar-refractivity contribution in [2.45, 2.75) is 12.5 Å². The molecule has 0 saturated carbocycles. The van der Waals surface area contributed by atoms with Crippen LogP contribution in [0.15, 0.2) is 96.1 Å². The molecule has 0 amide bonds. The molecule has 7 heteroatoms. The summed E-state index contributed by atoms with van der Waals surface area (Å²) in [6, 6.07) is 25.4. The van der Waals surface area contributed by atoms with E-state index < -0.39 is 0 Å². The molecule has 0 radical (unpaired) electrons. The van der Waals surface area contributed by atoms with Crippen molar-refractivity contribution in [1.29, 1.82) is 0 Å². The number of ether oxygens (including phenoxy) is 2. The highest BCUT2D eigenvalue weighted by atomic mass is 16.5. The van der Waals surface area contributed by atoms with Crippen molar-refractivity contribution in [3.05, 3.63) is 102 Å². The SMILES string of the molecule is CN(C)C1CCN(CCOc2ccc(-n3ccn(-c4ccc(Oc5ccccc5)cc4)c3=O)cc2)C1. The third-order valence-corrected chi connectivity index (χ3v) is 6.64. The van der Waals surface area contributed by atoms with Crippen molar-refractivity contribution < 1.29 is 9.47 Å². The van der Waals surface area contributed by atoms with E-state index in [2.05, 4.69) is 23.9 Å². The van der Waals surface area contributed by atoms with E-state index in [0.29, 0.717) is 12.6 Å². The Bertz CT molecular complexity index is 1310. The molecule has 0 spiro atoms. The maximum absolute atomic E-state index is 13.1. The van der Waals surface area contributed by atoms with Crippen LogP contribution in [0.5, 0.6) is 17.2 Å². The van der Waals surface area contributed by atoms with Gasteiger partial charge in [-0.05, 0) is 87.7 Å². The fraction of sp³-hybridized carbons (Fsp3) is 0.276. The first-order chi connectivity index (χ1) is 17.6. The highest BCUT2D eigenvalue weighted by Crippen LogP contribution is 2.22. The number of rotatable bonds is 9. The van der Waals surface area contributed by atoms with Gasteiger partial charge in [-0.3, -0.25) is 14.0 Å². The summed E-state index contributed by atoms with van der Waals surface area (Å²) in [6.07, 6.45) is 4.76. The van der Waals surface area contributed by atoms with Gasteiger partial charge in [0.05, 0.1) is 11.4 Å². The predicted octanol–water partition coefficient (Wildman–Crippen LogP) is 4.44. The summed E-state index contributed by atoms with van der Waals surface area (Å²) in [5.41, 5.74) is 1.44. The average molecular weight is 485 g/mol. The van der Waals surface area contributed by atoms with Crippen molar-refractivity contribution in [3.8, 4) is 28.6 Å². The molecule has 7 nitrogen and oxygen atoms in total. The van der Waals surface area contributed by atoms with Crippen LogP contribution >= 0.6 is 0 Å². The fourth-order valence-corrected chi connectivity index (χ4v) is 4.50. The van der Waals surface area contributed by atoms with Gasteiger partial charge in [0.25, 0.3) is 0 Å². The maximum atomic E-state index is 13.1.